The van der Waals surface area contributed by atoms with Crippen LogP contribution in [0.5, 0.6) is 0 Å². The molecule has 6 nitrogen and oxygen atoms in total. The number of hydrogen-bond acceptors (Lipinski definition) is 4. The van der Waals surface area contributed by atoms with Crippen LogP contribution in [0, 0.1) is 12.8 Å². The van der Waals surface area contributed by atoms with Gasteiger partial charge in [0.2, 0.25) is 10.0 Å². The Morgan fingerprint density at radius 3 is 2.87 bits per heavy atom. The predicted octanol–water partition coefficient (Wildman–Crippen LogP) is -0.357. The summed E-state index contributed by atoms with van der Waals surface area (Å²) in [7, 11) is -3.42. The van der Waals surface area contributed by atoms with Crippen molar-refractivity contribution in [2.45, 2.75) is 11.8 Å². The van der Waals surface area contributed by atoms with Crippen molar-refractivity contribution in [1.29, 1.82) is 0 Å². The van der Waals surface area contributed by atoms with Crippen molar-refractivity contribution in [3.63, 3.8) is 0 Å². The lowest BCUT2D eigenvalue weighted by Crippen LogP contribution is -2.39. The first-order chi connectivity index (χ1) is 7.09. The van der Waals surface area contributed by atoms with Gasteiger partial charge < -0.3 is 4.74 Å². The first-order valence-electron chi connectivity index (χ1n) is 4.67. The molecule has 0 atom stereocenters. The Hall–Kier alpha value is -0.920. The number of sulfonamides is 1. The first-order valence-corrected chi connectivity index (χ1v) is 6.15. The predicted molar refractivity (Wildman–Crippen MR) is 52.8 cm³/mol. The second-order valence-corrected chi connectivity index (χ2v) is 5.35. The second-order valence-electron chi connectivity index (χ2n) is 3.61. The van der Waals surface area contributed by atoms with Crippen LogP contribution in [0.4, 0.5) is 0 Å². The van der Waals surface area contributed by atoms with Crippen LogP contribution in [0.1, 0.15) is 5.69 Å². The molecule has 2 N–H and O–H groups in total. The van der Waals surface area contributed by atoms with E-state index < -0.39 is 10.0 Å². The summed E-state index contributed by atoms with van der Waals surface area (Å²) in [6.07, 6.45) is 1.31. The van der Waals surface area contributed by atoms with E-state index in [4.69, 9.17) is 4.74 Å². The summed E-state index contributed by atoms with van der Waals surface area (Å²) in [6.45, 7) is 3.36. The molecule has 0 bridgehead atoms. The molecule has 1 fully saturated rings. The fourth-order valence-corrected chi connectivity index (χ4v) is 2.57. The van der Waals surface area contributed by atoms with E-state index in [-0.39, 0.29) is 4.90 Å². The van der Waals surface area contributed by atoms with E-state index in [1.165, 1.54) is 6.20 Å². The Bertz CT molecular complexity index is 436. The van der Waals surface area contributed by atoms with Gasteiger partial charge in [0.15, 0.2) is 0 Å². The van der Waals surface area contributed by atoms with Gasteiger partial charge in [0.05, 0.1) is 25.1 Å². The number of rotatable bonds is 4. The summed E-state index contributed by atoms with van der Waals surface area (Å²) < 4.78 is 31.0. The van der Waals surface area contributed by atoms with E-state index in [0.717, 1.165) is 0 Å². The largest absolute Gasteiger partial charge is 0.381 e. The van der Waals surface area contributed by atoms with Gasteiger partial charge >= 0.3 is 0 Å². The lowest BCUT2D eigenvalue weighted by Gasteiger charge is -2.25. The molecule has 15 heavy (non-hydrogen) atoms. The van der Waals surface area contributed by atoms with E-state index in [1.807, 2.05) is 0 Å². The lowest BCUT2D eigenvalue weighted by molar-refractivity contribution is -0.0283. The highest BCUT2D eigenvalue weighted by atomic mass is 32.2. The lowest BCUT2D eigenvalue weighted by atomic mass is 10.1. The number of nitrogens with zero attached hydrogens (tertiary/aromatic N) is 1. The van der Waals surface area contributed by atoms with Crippen LogP contribution in [-0.4, -0.2) is 38.4 Å². The molecule has 2 heterocycles. The van der Waals surface area contributed by atoms with Crippen LogP contribution in [0.3, 0.4) is 0 Å². The molecule has 0 radical (unpaired) electrons. The molecule has 0 aromatic carbocycles. The Morgan fingerprint density at radius 2 is 2.40 bits per heavy atom. The van der Waals surface area contributed by atoms with Gasteiger partial charge in [-0.1, -0.05) is 0 Å². The van der Waals surface area contributed by atoms with Gasteiger partial charge in [0.1, 0.15) is 4.90 Å². The van der Waals surface area contributed by atoms with E-state index in [1.54, 1.807) is 6.92 Å². The van der Waals surface area contributed by atoms with E-state index in [2.05, 4.69) is 14.9 Å². The van der Waals surface area contributed by atoms with Crippen molar-refractivity contribution in [3.05, 3.63) is 11.9 Å². The van der Waals surface area contributed by atoms with E-state index in [9.17, 15) is 8.42 Å². The molecule has 7 heteroatoms. The molecular formula is C8H13N3O3S. The first kappa shape index (κ1) is 10.6. The van der Waals surface area contributed by atoms with Crippen molar-refractivity contribution in [2.75, 3.05) is 19.8 Å². The number of aromatic amines is 1. The zero-order chi connectivity index (χ0) is 10.9. The minimum atomic E-state index is -3.42. The van der Waals surface area contributed by atoms with Crippen LogP contribution in [0.25, 0.3) is 0 Å². The molecule has 1 aromatic rings. The Labute approximate surface area is 88.1 Å². The van der Waals surface area contributed by atoms with Crippen LogP contribution in [-0.2, 0) is 14.8 Å². The second kappa shape index (κ2) is 3.92. The van der Waals surface area contributed by atoms with Crippen LogP contribution in [0.15, 0.2) is 11.1 Å². The van der Waals surface area contributed by atoms with E-state index in [0.29, 0.717) is 31.4 Å². The number of aryl methyl sites for hydroxylation is 1. The van der Waals surface area contributed by atoms with Crippen molar-refractivity contribution in [3.8, 4) is 0 Å². The van der Waals surface area contributed by atoms with Gasteiger partial charge in [-0.3, -0.25) is 5.10 Å². The third-order valence-electron chi connectivity index (χ3n) is 2.34. The number of ether oxygens (including phenoxy) is 1. The maximum Gasteiger partial charge on any atom is 0.243 e. The average Bonchev–Trinajstić information content (AvgIpc) is 2.48. The fraction of sp³-hybridized carbons (Fsp3) is 0.625. The molecule has 1 aliphatic heterocycles. The summed E-state index contributed by atoms with van der Waals surface area (Å²) in [6, 6.07) is 0. The van der Waals surface area contributed by atoms with Crippen molar-refractivity contribution < 1.29 is 13.2 Å². The fourth-order valence-electron chi connectivity index (χ4n) is 1.32. The number of aromatic nitrogens is 2. The summed E-state index contributed by atoms with van der Waals surface area (Å²) in [5, 5.41) is 6.28. The highest BCUT2D eigenvalue weighted by Gasteiger charge is 2.23. The van der Waals surface area contributed by atoms with E-state index >= 15 is 0 Å². The van der Waals surface area contributed by atoms with Crippen LogP contribution >= 0.6 is 0 Å². The minimum Gasteiger partial charge on any atom is -0.381 e. The SMILES string of the molecule is Cc1[nH]ncc1S(=O)(=O)NCC1COC1. The third kappa shape index (κ3) is 2.19. The number of H-pyrrole nitrogens is 1. The monoisotopic (exact) mass is 231 g/mol. The van der Waals surface area contributed by atoms with Crippen LogP contribution in [0.2, 0.25) is 0 Å². The van der Waals surface area contributed by atoms with Gasteiger partial charge in [-0.05, 0) is 6.92 Å². The molecule has 0 aliphatic carbocycles. The molecule has 1 aliphatic rings. The maximum absolute atomic E-state index is 11.7. The summed E-state index contributed by atoms with van der Waals surface area (Å²) in [5.41, 5.74) is 0.548. The Kier molecular flexibility index (Phi) is 2.76. The highest BCUT2D eigenvalue weighted by molar-refractivity contribution is 7.89. The summed E-state index contributed by atoms with van der Waals surface area (Å²) >= 11 is 0. The Balaban J connectivity index is 2.03. The average molecular weight is 231 g/mol. The molecule has 0 saturated carbocycles. The van der Waals surface area contributed by atoms with Gasteiger partial charge in [-0.15, -0.1) is 0 Å². The summed E-state index contributed by atoms with van der Waals surface area (Å²) in [4.78, 5) is 0.211. The van der Waals surface area contributed by atoms with Gasteiger partial charge in [-0.25, -0.2) is 13.1 Å². The number of nitrogens with one attached hydrogen (secondary N) is 2. The normalized spacial score (nSPS) is 17.7. The molecule has 1 aromatic heterocycles. The van der Waals surface area contributed by atoms with Gasteiger partial charge in [-0.2, -0.15) is 5.10 Å². The minimum absolute atomic E-state index is 0.211. The molecule has 0 spiro atoms. The molecule has 1 saturated heterocycles. The highest BCUT2D eigenvalue weighted by Crippen LogP contribution is 2.13. The molecule has 0 amide bonds. The third-order valence-corrected chi connectivity index (χ3v) is 3.88. The topological polar surface area (TPSA) is 84.1 Å². The smallest absolute Gasteiger partial charge is 0.243 e. The maximum atomic E-state index is 11.7. The quantitative estimate of drug-likeness (QED) is 0.741. The van der Waals surface area contributed by atoms with Crippen LogP contribution < -0.4 is 4.72 Å². The molecule has 84 valence electrons. The number of hydrogen-bond donors (Lipinski definition) is 2. The van der Waals surface area contributed by atoms with Crippen molar-refractivity contribution >= 4 is 10.0 Å². The zero-order valence-electron chi connectivity index (χ0n) is 8.36. The van der Waals surface area contributed by atoms with Gasteiger partial charge in [0.25, 0.3) is 0 Å². The molecular weight excluding hydrogens is 218 g/mol. The van der Waals surface area contributed by atoms with Gasteiger partial charge in [0, 0.05) is 12.5 Å². The zero-order valence-corrected chi connectivity index (χ0v) is 9.17. The summed E-state index contributed by atoms with van der Waals surface area (Å²) in [5.74, 6) is 0.298. The Morgan fingerprint density at radius 1 is 1.67 bits per heavy atom. The van der Waals surface area contributed by atoms with Crippen molar-refractivity contribution in [2.24, 2.45) is 5.92 Å². The van der Waals surface area contributed by atoms with Crippen molar-refractivity contribution in [1.82, 2.24) is 14.9 Å². The standard InChI is InChI=1S/C8H13N3O3S/c1-6-8(3-9-11-6)15(12,13)10-2-7-4-14-5-7/h3,7,10H,2,4-5H2,1H3,(H,9,11). The molecule has 0 unspecified atom stereocenters. The molecule has 2 rings (SSSR count).